The minimum atomic E-state index is 0.538. The van der Waals surface area contributed by atoms with E-state index in [1.807, 2.05) is 0 Å². The molecule has 1 saturated carbocycles. The van der Waals surface area contributed by atoms with Crippen molar-refractivity contribution in [1.29, 1.82) is 0 Å². The molecular weight excluding hydrogens is 238 g/mol. The maximum Gasteiger partial charge on any atom is 0.0326 e. The summed E-state index contributed by atoms with van der Waals surface area (Å²) < 4.78 is 0. The molecule has 0 N–H and O–H groups in total. The molecule has 2 aliphatic heterocycles. The van der Waals surface area contributed by atoms with Crippen LogP contribution in [0.5, 0.6) is 0 Å². The van der Waals surface area contributed by atoms with Crippen LogP contribution in [0.3, 0.4) is 0 Å². The largest absolute Gasteiger partial charge is 0.290 e. The van der Waals surface area contributed by atoms with Crippen LogP contribution in [0.25, 0.3) is 0 Å². The first-order chi connectivity index (χ1) is 8.81. The van der Waals surface area contributed by atoms with Gasteiger partial charge in [-0.25, -0.2) is 0 Å². The van der Waals surface area contributed by atoms with Crippen molar-refractivity contribution in [3.63, 3.8) is 0 Å². The number of benzene rings is 1. The first-order valence-electron chi connectivity index (χ1n) is 7.24. The van der Waals surface area contributed by atoms with Crippen LogP contribution in [0, 0.1) is 5.92 Å². The number of piperidine rings is 2. The molecule has 0 amide bonds. The van der Waals surface area contributed by atoms with Crippen molar-refractivity contribution in [3.8, 4) is 0 Å². The zero-order valence-corrected chi connectivity index (χ0v) is 12.0. The number of hydrogen-bond acceptors (Lipinski definition) is 2. The lowest BCUT2D eigenvalue weighted by Gasteiger charge is -2.53. The summed E-state index contributed by atoms with van der Waals surface area (Å²) in [6.07, 6.45) is 5.64. The fraction of sp³-hybridized carbons (Fsp3) is 0.625. The van der Waals surface area contributed by atoms with Gasteiger partial charge < -0.3 is 0 Å². The third kappa shape index (κ3) is 2.10. The third-order valence-corrected chi connectivity index (χ3v) is 5.38. The molecule has 1 nitrogen and oxygen atoms in total. The molecule has 2 heteroatoms. The van der Waals surface area contributed by atoms with Gasteiger partial charge in [-0.3, -0.25) is 4.90 Å². The molecule has 18 heavy (non-hydrogen) atoms. The Hall–Kier alpha value is -0.470. The van der Waals surface area contributed by atoms with Crippen molar-refractivity contribution < 1.29 is 0 Å². The molecule has 3 fully saturated rings. The van der Waals surface area contributed by atoms with Crippen LogP contribution in [0.1, 0.15) is 44.2 Å². The SMILES string of the molecule is C[C@H](c1ccccc1)N1C2CCC(CC2)[C@H]1CS. The lowest BCUT2D eigenvalue weighted by atomic mass is 9.74. The summed E-state index contributed by atoms with van der Waals surface area (Å²) in [4.78, 5) is 2.76. The average molecular weight is 261 g/mol. The highest BCUT2D eigenvalue weighted by atomic mass is 32.1. The average Bonchev–Trinajstić information content (AvgIpc) is 2.47. The Morgan fingerprint density at radius 1 is 1.17 bits per heavy atom. The summed E-state index contributed by atoms with van der Waals surface area (Å²) in [6.45, 7) is 2.37. The van der Waals surface area contributed by atoms with Gasteiger partial charge in [0.2, 0.25) is 0 Å². The number of rotatable bonds is 3. The molecule has 0 spiro atoms. The molecule has 1 aliphatic carbocycles. The van der Waals surface area contributed by atoms with Crippen LogP contribution in [-0.4, -0.2) is 22.7 Å². The Balaban J connectivity index is 1.85. The van der Waals surface area contributed by atoms with E-state index in [-0.39, 0.29) is 0 Å². The first kappa shape index (κ1) is 12.6. The summed E-state index contributed by atoms with van der Waals surface area (Å²) in [7, 11) is 0. The maximum atomic E-state index is 4.62. The van der Waals surface area contributed by atoms with Crippen LogP contribution in [-0.2, 0) is 0 Å². The monoisotopic (exact) mass is 261 g/mol. The highest BCUT2D eigenvalue weighted by Gasteiger charge is 2.42. The predicted octanol–water partition coefficient (Wildman–Crippen LogP) is 3.92. The van der Waals surface area contributed by atoms with Crippen molar-refractivity contribution >= 4 is 12.6 Å². The molecule has 1 aromatic carbocycles. The normalized spacial score (nSPS) is 33.6. The quantitative estimate of drug-likeness (QED) is 0.807. The molecule has 4 rings (SSSR count). The molecule has 2 saturated heterocycles. The van der Waals surface area contributed by atoms with E-state index in [4.69, 9.17) is 0 Å². The zero-order valence-electron chi connectivity index (χ0n) is 11.1. The molecular formula is C16H23NS. The molecule has 2 heterocycles. The summed E-state index contributed by atoms with van der Waals surface area (Å²) in [6, 6.07) is 13.0. The highest BCUT2D eigenvalue weighted by Crippen LogP contribution is 2.44. The van der Waals surface area contributed by atoms with E-state index in [9.17, 15) is 0 Å². The summed E-state index contributed by atoms with van der Waals surface area (Å²) in [5, 5.41) is 0. The van der Waals surface area contributed by atoms with E-state index >= 15 is 0 Å². The fourth-order valence-electron chi connectivity index (χ4n) is 4.05. The molecule has 0 aromatic heterocycles. The smallest absolute Gasteiger partial charge is 0.0326 e. The number of hydrogen-bond donors (Lipinski definition) is 1. The van der Waals surface area contributed by atoms with Gasteiger partial charge in [0.25, 0.3) is 0 Å². The standard InChI is InChI=1S/C16H23NS/c1-12(13-5-3-2-4-6-13)17-15-9-7-14(8-10-15)16(17)11-18/h2-6,12,14-16,18H,7-11H2,1H3/t12-,14?,15?,16-/m1/s1. The number of fused-ring (bicyclic) bond motifs is 3. The third-order valence-electron chi connectivity index (χ3n) is 5.01. The highest BCUT2D eigenvalue weighted by molar-refractivity contribution is 7.80. The van der Waals surface area contributed by atoms with E-state index in [2.05, 4.69) is 54.8 Å². The Kier molecular flexibility index (Phi) is 3.67. The summed E-state index contributed by atoms with van der Waals surface area (Å²) in [5.41, 5.74) is 1.46. The van der Waals surface area contributed by atoms with Gasteiger partial charge in [0, 0.05) is 23.9 Å². The number of nitrogens with zero attached hydrogens (tertiary/aromatic N) is 1. The van der Waals surface area contributed by atoms with E-state index in [1.165, 1.54) is 31.2 Å². The molecule has 2 atom stereocenters. The van der Waals surface area contributed by atoms with E-state index in [1.54, 1.807) is 0 Å². The lowest BCUT2D eigenvalue weighted by molar-refractivity contribution is -0.0284. The summed E-state index contributed by atoms with van der Waals surface area (Å²) >= 11 is 4.62. The second-order valence-electron chi connectivity index (χ2n) is 5.85. The molecule has 3 aliphatic rings. The van der Waals surface area contributed by atoms with Crippen molar-refractivity contribution in [3.05, 3.63) is 35.9 Å². The van der Waals surface area contributed by atoms with Crippen molar-refractivity contribution in [2.24, 2.45) is 5.92 Å². The van der Waals surface area contributed by atoms with E-state index in [0.717, 1.165) is 17.7 Å². The van der Waals surface area contributed by atoms with E-state index in [0.29, 0.717) is 12.1 Å². The second-order valence-corrected chi connectivity index (χ2v) is 6.22. The van der Waals surface area contributed by atoms with Gasteiger partial charge in [-0.05, 0) is 44.1 Å². The molecule has 98 valence electrons. The van der Waals surface area contributed by atoms with Gasteiger partial charge in [-0.2, -0.15) is 12.6 Å². The van der Waals surface area contributed by atoms with Crippen LogP contribution in [0.2, 0.25) is 0 Å². The van der Waals surface area contributed by atoms with E-state index < -0.39 is 0 Å². The van der Waals surface area contributed by atoms with Gasteiger partial charge in [0.05, 0.1) is 0 Å². The van der Waals surface area contributed by atoms with Crippen LogP contribution >= 0.6 is 12.6 Å². The van der Waals surface area contributed by atoms with Crippen LogP contribution in [0.4, 0.5) is 0 Å². The topological polar surface area (TPSA) is 3.24 Å². The molecule has 2 bridgehead atoms. The Morgan fingerprint density at radius 3 is 2.44 bits per heavy atom. The van der Waals surface area contributed by atoms with Crippen LogP contribution < -0.4 is 0 Å². The van der Waals surface area contributed by atoms with Gasteiger partial charge in [-0.1, -0.05) is 30.3 Å². The van der Waals surface area contributed by atoms with Crippen molar-refractivity contribution in [1.82, 2.24) is 4.90 Å². The maximum absolute atomic E-state index is 4.62. The van der Waals surface area contributed by atoms with Gasteiger partial charge in [0.15, 0.2) is 0 Å². The minimum Gasteiger partial charge on any atom is -0.290 e. The first-order valence-corrected chi connectivity index (χ1v) is 7.87. The zero-order chi connectivity index (χ0) is 12.5. The van der Waals surface area contributed by atoms with Crippen molar-refractivity contribution in [2.75, 3.05) is 5.75 Å². The molecule has 0 radical (unpaired) electrons. The van der Waals surface area contributed by atoms with Crippen molar-refractivity contribution in [2.45, 2.75) is 50.7 Å². The van der Waals surface area contributed by atoms with Gasteiger partial charge >= 0.3 is 0 Å². The second kappa shape index (κ2) is 5.26. The predicted molar refractivity (Wildman–Crippen MR) is 80.1 cm³/mol. The Morgan fingerprint density at radius 2 is 1.83 bits per heavy atom. The fourth-order valence-corrected chi connectivity index (χ4v) is 4.54. The lowest BCUT2D eigenvalue weighted by Crippen LogP contribution is -2.56. The number of thiol groups is 1. The molecule has 0 unspecified atom stereocenters. The minimum absolute atomic E-state index is 0.538. The summed E-state index contributed by atoms with van der Waals surface area (Å²) in [5.74, 6) is 1.90. The molecule has 1 aromatic rings. The van der Waals surface area contributed by atoms with Crippen LogP contribution in [0.15, 0.2) is 30.3 Å². The van der Waals surface area contributed by atoms with Gasteiger partial charge in [0.1, 0.15) is 0 Å². The Labute approximate surface area is 116 Å². The van der Waals surface area contributed by atoms with Gasteiger partial charge in [-0.15, -0.1) is 0 Å². The Bertz CT molecular complexity index is 383.